The number of carbonyl (C=O) groups excluding carboxylic acids is 1. The SMILES string of the molecule is C[Si](C)(C)CN1CCC(C(N)=O)C1. The Bertz CT molecular complexity index is 200. The maximum absolute atomic E-state index is 10.9. The summed E-state index contributed by atoms with van der Waals surface area (Å²) in [5.74, 6) is -0.0191. The van der Waals surface area contributed by atoms with Crippen molar-refractivity contribution in [2.24, 2.45) is 11.7 Å². The van der Waals surface area contributed by atoms with Gasteiger partial charge in [-0.1, -0.05) is 19.6 Å². The predicted molar refractivity (Wildman–Crippen MR) is 57.1 cm³/mol. The summed E-state index contributed by atoms with van der Waals surface area (Å²) in [5.41, 5.74) is 5.27. The number of likely N-dealkylation sites (tertiary alicyclic amines) is 1. The lowest BCUT2D eigenvalue weighted by Gasteiger charge is -2.24. The topological polar surface area (TPSA) is 46.3 Å². The average Bonchev–Trinajstić information content (AvgIpc) is 2.31. The van der Waals surface area contributed by atoms with Gasteiger partial charge in [0.1, 0.15) is 0 Å². The largest absolute Gasteiger partial charge is 0.369 e. The third-order valence-corrected chi connectivity index (χ3v) is 3.77. The minimum absolute atomic E-state index is 0.108. The molecule has 1 amide bonds. The molecule has 13 heavy (non-hydrogen) atoms. The quantitative estimate of drug-likeness (QED) is 0.681. The molecule has 0 aromatic heterocycles. The smallest absolute Gasteiger partial charge is 0.221 e. The molecule has 4 heteroatoms. The fraction of sp³-hybridized carbons (Fsp3) is 0.889. The number of amides is 1. The van der Waals surface area contributed by atoms with Crippen LogP contribution in [0.4, 0.5) is 0 Å². The molecule has 1 atom stereocenters. The van der Waals surface area contributed by atoms with E-state index in [0.717, 1.165) is 19.5 Å². The van der Waals surface area contributed by atoms with Crippen molar-refractivity contribution in [2.75, 3.05) is 19.3 Å². The number of hydrogen-bond acceptors (Lipinski definition) is 2. The van der Waals surface area contributed by atoms with Crippen LogP contribution in [0.5, 0.6) is 0 Å². The van der Waals surface area contributed by atoms with Gasteiger partial charge in [-0.3, -0.25) is 4.79 Å². The maximum Gasteiger partial charge on any atom is 0.221 e. The molecule has 1 fully saturated rings. The van der Waals surface area contributed by atoms with Crippen molar-refractivity contribution in [1.29, 1.82) is 0 Å². The molecule has 2 N–H and O–H groups in total. The van der Waals surface area contributed by atoms with E-state index in [9.17, 15) is 4.79 Å². The van der Waals surface area contributed by atoms with Crippen molar-refractivity contribution >= 4 is 14.0 Å². The van der Waals surface area contributed by atoms with E-state index in [1.807, 2.05) is 0 Å². The van der Waals surface area contributed by atoms with Crippen molar-refractivity contribution in [1.82, 2.24) is 4.90 Å². The highest BCUT2D eigenvalue weighted by Crippen LogP contribution is 2.17. The lowest BCUT2D eigenvalue weighted by Crippen LogP contribution is -2.39. The van der Waals surface area contributed by atoms with Gasteiger partial charge in [-0.15, -0.1) is 0 Å². The van der Waals surface area contributed by atoms with Crippen molar-refractivity contribution < 1.29 is 4.79 Å². The van der Waals surface area contributed by atoms with Crippen LogP contribution in [0.15, 0.2) is 0 Å². The molecule has 0 saturated carbocycles. The highest BCUT2D eigenvalue weighted by molar-refractivity contribution is 6.76. The van der Waals surface area contributed by atoms with E-state index in [1.165, 1.54) is 6.17 Å². The molecule has 3 nitrogen and oxygen atoms in total. The molecule has 1 heterocycles. The summed E-state index contributed by atoms with van der Waals surface area (Å²) in [4.78, 5) is 13.3. The van der Waals surface area contributed by atoms with Crippen molar-refractivity contribution in [2.45, 2.75) is 26.1 Å². The Balaban J connectivity index is 2.38. The summed E-state index contributed by atoms with van der Waals surface area (Å²) in [7, 11) is -1.01. The first-order valence-electron chi connectivity index (χ1n) is 4.90. The zero-order valence-electron chi connectivity index (χ0n) is 8.84. The van der Waals surface area contributed by atoms with Crippen LogP contribution in [0.1, 0.15) is 6.42 Å². The van der Waals surface area contributed by atoms with Crippen LogP contribution in [0.25, 0.3) is 0 Å². The Morgan fingerprint density at radius 1 is 1.54 bits per heavy atom. The van der Waals surface area contributed by atoms with Gasteiger partial charge in [0.05, 0.1) is 14.0 Å². The zero-order valence-corrected chi connectivity index (χ0v) is 9.84. The Hall–Kier alpha value is -0.353. The second kappa shape index (κ2) is 3.80. The number of carbonyl (C=O) groups is 1. The van der Waals surface area contributed by atoms with E-state index < -0.39 is 8.07 Å². The van der Waals surface area contributed by atoms with Crippen molar-refractivity contribution in [3.05, 3.63) is 0 Å². The summed E-state index contributed by atoms with van der Waals surface area (Å²) in [6, 6.07) is 0. The van der Waals surface area contributed by atoms with Gasteiger partial charge >= 0.3 is 0 Å². The number of hydrogen-bond donors (Lipinski definition) is 1. The van der Waals surface area contributed by atoms with Gasteiger partial charge in [-0.05, 0) is 19.1 Å². The molecule has 0 aromatic rings. The van der Waals surface area contributed by atoms with Gasteiger partial charge in [-0.25, -0.2) is 0 Å². The summed E-state index contributed by atoms with van der Waals surface area (Å²) in [6.45, 7) is 9.00. The van der Waals surface area contributed by atoms with Gasteiger partial charge in [0.15, 0.2) is 0 Å². The standard InChI is InChI=1S/C9H20N2OSi/c1-13(2,3)7-11-5-4-8(6-11)9(10)12/h8H,4-7H2,1-3H3,(H2,10,12). The molecule has 0 aliphatic carbocycles. The third kappa shape index (κ3) is 3.48. The van der Waals surface area contributed by atoms with Crippen LogP contribution in [-0.2, 0) is 4.79 Å². The first kappa shape index (κ1) is 10.7. The molecule has 0 bridgehead atoms. The highest BCUT2D eigenvalue weighted by Gasteiger charge is 2.29. The first-order chi connectivity index (χ1) is 5.88. The van der Waals surface area contributed by atoms with Crippen LogP contribution in [0.3, 0.4) is 0 Å². The molecule has 1 aliphatic rings. The number of primary amides is 1. The highest BCUT2D eigenvalue weighted by atomic mass is 28.3. The normalized spacial score (nSPS) is 25.0. The Morgan fingerprint density at radius 2 is 2.15 bits per heavy atom. The number of rotatable bonds is 3. The summed E-state index contributed by atoms with van der Waals surface area (Å²) in [6.07, 6.45) is 2.15. The number of nitrogens with zero attached hydrogens (tertiary/aromatic N) is 1. The van der Waals surface area contributed by atoms with E-state index in [1.54, 1.807) is 0 Å². The first-order valence-corrected chi connectivity index (χ1v) is 8.61. The fourth-order valence-corrected chi connectivity index (χ4v) is 3.51. The van der Waals surface area contributed by atoms with E-state index in [0.29, 0.717) is 0 Å². The molecule has 0 radical (unpaired) electrons. The Morgan fingerprint density at radius 3 is 2.54 bits per heavy atom. The van der Waals surface area contributed by atoms with E-state index in [2.05, 4.69) is 24.5 Å². The van der Waals surface area contributed by atoms with Gasteiger partial charge in [0.25, 0.3) is 0 Å². The predicted octanol–water partition coefficient (Wildman–Crippen LogP) is 0.671. The molecule has 0 spiro atoms. The minimum Gasteiger partial charge on any atom is -0.369 e. The molecule has 1 rings (SSSR count). The van der Waals surface area contributed by atoms with Crippen LogP contribution in [0.2, 0.25) is 19.6 Å². The lowest BCUT2D eigenvalue weighted by atomic mass is 10.1. The summed E-state index contributed by atoms with van der Waals surface area (Å²) in [5, 5.41) is 0. The summed E-state index contributed by atoms with van der Waals surface area (Å²) >= 11 is 0. The molecule has 0 aromatic carbocycles. The van der Waals surface area contributed by atoms with Gasteiger partial charge in [-0.2, -0.15) is 0 Å². The van der Waals surface area contributed by atoms with Crippen LogP contribution in [-0.4, -0.2) is 38.1 Å². The molecular formula is C9H20N2OSi. The van der Waals surface area contributed by atoms with Gasteiger partial charge in [0, 0.05) is 6.54 Å². The van der Waals surface area contributed by atoms with Crippen LogP contribution in [0, 0.1) is 5.92 Å². The van der Waals surface area contributed by atoms with E-state index >= 15 is 0 Å². The average molecular weight is 200 g/mol. The Labute approximate surface area is 81.3 Å². The maximum atomic E-state index is 10.9. The van der Waals surface area contributed by atoms with Gasteiger partial charge in [0.2, 0.25) is 5.91 Å². The van der Waals surface area contributed by atoms with E-state index in [4.69, 9.17) is 5.73 Å². The molecule has 76 valence electrons. The monoisotopic (exact) mass is 200 g/mol. The number of nitrogens with two attached hydrogens (primary N) is 1. The third-order valence-electron chi connectivity index (χ3n) is 2.37. The summed E-state index contributed by atoms with van der Waals surface area (Å²) < 4.78 is 0. The van der Waals surface area contributed by atoms with Gasteiger partial charge < -0.3 is 10.6 Å². The van der Waals surface area contributed by atoms with E-state index in [-0.39, 0.29) is 11.8 Å². The lowest BCUT2D eigenvalue weighted by molar-refractivity contribution is -0.121. The minimum atomic E-state index is -1.01. The van der Waals surface area contributed by atoms with Crippen molar-refractivity contribution in [3.8, 4) is 0 Å². The Kier molecular flexibility index (Phi) is 3.13. The molecule has 1 saturated heterocycles. The second-order valence-corrected chi connectivity index (χ2v) is 10.6. The molecule has 1 unspecified atom stereocenters. The van der Waals surface area contributed by atoms with Crippen molar-refractivity contribution in [3.63, 3.8) is 0 Å². The molecule has 1 aliphatic heterocycles. The zero-order chi connectivity index (χ0) is 10.1. The second-order valence-electron chi connectivity index (χ2n) is 5.18. The van der Waals surface area contributed by atoms with Crippen LogP contribution < -0.4 is 5.73 Å². The fourth-order valence-electron chi connectivity index (χ4n) is 1.88. The van der Waals surface area contributed by atoms with Crippen LogP contribution >= 0.6 is 0 Å². The molecular weight excluding hydrogens is 180 g/mol.